The van der Waals surface area contributed by atoms with Crippen LogP contribution in [0.5, 0.6) is 0 Å². The maximum atomic E-state index is 6.60. The summed E-state index contributed by atoms with van der Waals surface area (Å²) in [6.07, 6.45) is 0. The third-order valence-electron chi connectivity index (χ3n) is 9.91. The average Bonchev–Trinajstić information content (AvgIpc) is 3.64. The average molecular weight is 678 g/mol. The van der Waals surface area contributed by atoms with Gasteiger partial charge in [0.1, 0.15) is 11.2 Å². The van der Waals surface area contributed by atoms with Crippen LogP contribution in [-0.2, 0) is 0 Å². The van der Waals surface area contributed by atoms with E-state index < -0.39 is 0 Å². The van der Waals surface area contributed by atoms with Gasteiger partial charge < -0.3 is 4.42 Å². The molecular weight excluding hydrogens is 647 g/mol. The monoisotopic (exact) mass is 677 g/mol. The van der Waals surface area contributed by atoms with Gasteiger partial charge in [-0.2, -0.15) is 0 Å². The Labute approximate surface area is 306 Å². The summed E-state index contributed by atoms with van der Waals surface area (Å²) < 4.78 is 6.60. The van der Waals surface area contributed by atoms with E-state index >= 15 is 0 Å². The lowest BCUT2D eigenvalue weighted by Crippen LogP contribution is -1.96. The maximum Gasteiger partial charge on any atom is 0.160 e. The van der Waals surface area contributed by atoms with E-state index in [1.165, 1.54) is 5.56 Å². The molecule has 0 saturated carbocycles. The molecule has 3 heterocycles. The van der Waals surface area contributed by atoms with E-state index in [9.17, 15) is 0 Å². The number of hydrogen-bond donors (Lipinski definition) is 0. The number of benzene rings is 7. The largest absolute Gasteiger partial charge is 0.455 e. The third kappa shape index (κ3) is 5.63. The highest BCUT2D eigenvalue weighted by Crippen LogP contribution is 2.41. The number of hydrogen-bond acceptors (Lipinski definition) is 4. The van der Waals surface area contributed by atoms with Crippen LogP contribution in [0, 0.1) is 0 Å². The Kier molecular flexibility index (Phi) is 7.43. The first-order valence-electron chi connectivity index (χ1n) is 17.8. The fraction of sp³-hybridized carbons (Fsp3) is 0. The normalized spacial score (nSPS) is 11.4. The van der Waals surface area contributed by atoms with Gasteiger partial charge in [-0.05, 0) is 46.5 Å². The number of para-hydroxylation sites is 1. The molecule has 0 amide bonds. The Balaban J connectivity index is 1.08. The SMILES string of the molecule is c1ccc(-c2ccc(-c3nc(-c4ccccc4)cc(-c4ccc(-c5nc6ccc(-c7ccccc7)cc6c6oc7ccccc7c56)cc4)n3)cc2)cc1. The second-order valence-corrected chi connectivity index (χ2v) is 13.2. The van der Waals surface area contributed by atoms with Crippen molar-refractivity contribution in [2.45, 2.75) is 0 Å². The van der Waals surface area contributed by atoms with E-state index in [2.05, 4.69) is 146 Å². The van der Waals surface area contributed by atoms with Gasteiger partial charge >= 0.3 is 0 Å². The van der Waals surface area contributed by atoms with Crippen molar-refractivity contribution >= 4 is 32.8 Å². The van der Waals surface area contributed by atoms with E-state index in [1.54, 1.807) is 0 Å². The van der Waals surface area contributed by atoms with Crippen molar-refractivity contribution in [3.8, 4) is 67.4 Å². The Morgan fingerprint density at radius 3 is 1.51 bits per heavy atom. The van der Waals surface area contributed by atoms with Crippen LogP contribution >= 0.6 is 0 Å². The van der Waals surface area contributed by atoms with Crippen LogP contribution in [0.1, 0.15) is 0 Å². The maximum absolute atomic E-state index is 6.60. The zero-order valence-corrected chi connectivity index (χ0v) is 28.6. The molecule has 0 N–H and O–H groups in total. The standard InChI is InChI=1S/C49H31N3O/c1-4-12-32(13-5-1)34-20-26-38(27-21-34)49-51-43(35-16-8-3-9-17-35)31-44(52-49)36-22-24-37(25-23-36)47-46-40-18-10-11-19-45(40)53-48(46)41-30-39(28-29-42(41)50-47)33-14-6-2-7-15-33/h1-31H. The molecule has 4 heteroatoms. The topological polar surface area (TPSA) is 51.8 Å². The molecule has 0 saturated heterocycles. The van der Waals surface area contributed by atoms with Crippen molar-refractivity contribution in [3.05, 3.63) is 188 Å². The van der Waals surface area contributed by atoms with Gasteiger partial charge in [-0.25, -0.2) is 15.0 Å². The van der Waals surface area contributed by atoms with Crippen molar-refractivity contribution in [1.29, 1.82) is 0 Å². The summed E-state index contributed by atoms with van der Waals surface area (Å²) in [5, 5.41) is 3.06. The molecule has 3 aromatic heterocycles. The molecule has 0 aliphatic rings. The van der Waals surface area contributed by atoms with Crippen molar-refractivity contribution in [2.24, 2.45) is 0 Å². The molecule has 7 aromatic carbocycles. The number of nitrogens with zero attached hydrogens (tertiary/aromatic N) is 3. The number of furan rings is 1. The lowest BCUT2D eigenvalue weighted by Gasteiger charge is -2.11. The Bertz CT molecular complexity index is 2900. The Hall–Kier alpha value is -7.17. The third-order valence-corrected chi connectivity index (χ3v) is 9.91. The highest BCUT2D eigenvalue weighted by molar-refractivity contribution is 6.19. The summed E-state index contributed by atoms with van der Waals surface area (Å²) >= 11 is 0. The van der Waals surface area contributed by atoms with Crippen LogP contribution in [0.4, 0.5) is 0 Å². The minimum absolute atomic E-state index is 0.683. The van der Waals surface area contributed by atoms with Crippen LogP contribution in [0.25, 0.3) is 100 Å². The van der Waals surface area contributed by atoms with Crippen LogP contribution < -0.4 is 0 Å². The molecule has 0 aliphatic heterocycles. The van der Waals surface area contributed by atoms with Crippen molar-refractivity contribution in [3.63, 3.8) is 0 Å². The molecule has 10 aromatic rings. The molecular formula is C49H31N3O. The van der Waals surface area contributed by atoms with Crippen molar-refractivity contribution in [2.75, 3.05) is 0 Å². The summed E-state index contributed by atoms with van der Waals surface area (Å²) in [7, 11) is 0. The zero-order valence-electron chi connectivity index (χ0n) is 28.6. The van der Waals surface area contributed by atoms with E-state index in [0.29, 0.717) is 5.82 Å². The smallest absolute Gasteiger partial charge is 0.160 e. The van der Waals surface area contributed by atoms with Gasteiger partial charge in [0.2, 0.25) is 0 Å². The van der Waals surface area contributed by atoms with Crippen LogP contribution in [0.15, 0.2) is 192 Å². The number of pyridine rings is 1. The quantitative estimate of drug-likeness (QED) is 0.176. The first-order chi connectivity index (χ1) is 26.2. The van der Waals surface area contributed by atoms with Crippen LogP contribution in [-0.4, -0.2) is 15.0 Å². The molecule has 248 valence electrons. The number of rotatable bonds is 6. The van der Waals surface area contributed by atoms with Crippen LogP contribution in [0.2, 0.25) is 0 Å². The Morgan fingerprint density at radius 2 is 0.830 bits per heavy atom. The first-order valence-corrected chi connectivity index (χ1v) is 17.8. The second-order valence-electron chi connectivity index (χ2n) is 13.2. The number of aromatic nitrogens is 3. The predicted molar refractivity (Wildman–Crippen MR) is 217 cm³/mol. The van der Waals surface area contributed by atoms with Crippen molar-refractivity contribution in [1.82, 2.24) is 15.0 Å². The Morgan fingerprint density at radius 1 is 0.340 bits per heavy atom. The minimum atomic E-state index is 0.683. The van der Waals surface area contributed by atoms with E-state index in [4.69, 9.17) is 19.4 Å². The minimum Gasteiger partial charge on any atom is -0.455 e. The molecule has 0 aliphatic carbocycles. The highest BCUT2D eigenvalue weighted by Gasteiger charge is 2.19. The van der Waals surface area contributed by atoms with E-state index in [-0.39, 0.29) is 0 Å². The van der Waals surface area contributed by atoms with E-state index in [0.717, 1.165) is 88.9 Å². The van der Waals surface area contributed by atoms with Crippen LogP contribution in [0.3, 0.4) is 0 Å². The summed E-state index contributed by atoms with van der Waals surface area (Å²) in [4.78, 5) is 15.5. The number of fused-ring (bicyclic) bond motifs is 5. The first kappa shape index (κ1) is 30.6. The van der Waals surface area contributed by atoms with Gasteiger partial charge in [-0.3, -0.25) is 0 Å². The fourth-order valence-electron chi connectivity index (χ4n) is 7.20. The van der Waals surface area contributed by atoms with Gasteiger partial charge in [0.15, 0.2) is 5.82 Å². The van der Waals surface area contributed by atoms with E-state index in [1.807, 2.05) is 42.5 Å². The fourth-order valence-corrected chi connectivity index (χ4v) is 7.20. The van der Waals surface area contributed by atoms with Gasteiger partial charge in [0, 0.05) is 33.0 Å². The molecule has 0 bridgehead atoms. The van der Waals surface area contributed by atoms with Gasteiger partial charge in [-0.1, -0.05) is 164 Å². The molecule has 0 radical (unpaired) electrons. The predicted octanol–water partition coefficient (Wildman–Crippen LogP) is 12.9. The molecule has 0 spiro atoms. The molecule has 10 rings (SSSR count). The second kappa shape index (κ2) is 12.9. The summed E-state index contributed by atoms with van der Waals surface area (Å²) in [6, 6.07) is 64.9. The van der Waals surface area contributed by atoms with Gasteiger partial charge in [-0.15, -0.1) is 0 Å². The lowest BCUT2D eigenvalue weighted by molar-refractivity contribution is 0.672. The lowest BCUT2D eigenvalue weighted by atomic mass is 9.98. The zero-order chi connectivity index (χ0) is 35.1. The molecule has 53 heavy (non-hydrogen) atoms. The molecule has 0 atom stereocenters. The van der Waals surface area contributed by atoms with Gasteiger partial charge in [0.05, 0.1) is 28.0 Å². The highest BCUT2D eigenvalue weighted by atomic mass is 16.3. The summed E-state index contributed by atoms with van der Waals surface area (Å²) in [6.45, 7) is 0. The summed E-state index contributed by atoms with van der Waals surface area (Å²) in [5.74, 6) is 0.683. The molecule has 4 nitrogen and oxygen atoms in total. The summed E-state index contributed by atoms with van der Waals surface area (Å²) in [5.41, 5.74) is 13.8. The van der Waals surface area contributed by atoms with Crippen molar-refractivity contribution < 1.29 is 4.42 Å². The van der Waals surface area contributed by atoms with Gasteiger partial charge in [0.25, 0.3) is 0 Å². The molecule has 0 unspecified atom stereocenters. The molecule has 0 fully saturated rings.